The van der Waals surface area contributed by atoms with Crippen molar-refractivity contribution in [2.45, 2.75) is 6.42 Å². The molecule has 0 bridgehead atoms. The van der Waals surface area contributed by atoms with Gasteiger partial charge in [-0.1, -0.05) is 11.6 Å². The zero-order chi connectivity index (χ0) is 11.8. The monoisotopic (exact) mass is 247 g/mol. The average Bonchev–Trinajstić information content (AvgIpc) is 2.76. The van der Waals surface area contributed by atoms with Gasteiger partial charge in [0.1, 0.15) is 11.6 Å². The van der Waals surface area contributed by atoms with E-state index in [1.807, 2.05) is 12.1 Å². The largest absolute Gasteiger partial charge is 0.493 e. The lowest BCUT2D eigenvalue weighted by Gasteiger charge is -2.06. The second-order valence-corrected chi connectivity index (χ2v) is 4.27. The third-order valence-corrected chi connectivity index (χ3v) is 3.04. The fraction of sp³-hybridized carbons (Fsp3) is 0.167. The number of halogens is 1. The summed E-state index contributed by atoms with van der Waals surface area (Å²) in [5.74, 6) is 1.26. The second-order valence-electron chi connectivity index (χ2n) is 3.86. The quantitative estimate of drug-likeness (QED) is 0.840. The lowest BCUT2D eigenvalue weighted by molar-refractivity contribution is 0.357. The smallest absolute Gasteiger partial charge is 0.141 e. The summed E-state index contributed by atoms with van der Waals surface area (Å²) in [6, 6.07) is 3.84. The summed E-state index contributed by atoms with van der Waals surface area (Å²) in [7, 11) is 0. The molecule has 0 spiro atoms. The number of hydrogen-bond acceptors (Lipinski definition) is 4. The molecule has 1 aliphatic heterocycles. The fourth-order valence-electron chi connectivity index (χ4n) is 1.87. The highest BCUT2D eigenvalue weighted by molar-refractivity contribution is 6.33. The zero-order valence-electron chi connectivity index (χ0n) is 8.98. The van der Waals surface area contributed by atoms with Gasteiger partial charge in [-0.3, -0.25) is 4.98 Å². The molecule has 2 heterocycles. The van der Waals surface area contributed by atoms with E-state index in [-0.39, 0.29) is 0 Å². The predicted octanol–water partition coefficient (Wildman–Crippen LogP) is 2.31. The van der Waals surface area contributed by atoms with Gasteiger partial charge in [0.2, 0.25) is 0 Å². The van der Waals surface area contributed by atoms with Crippen LogP contribution in [0.25, 0.3) is 11.3 Å². The molecule has 86 valence electrons. The third kappa shape index (κ3) is 1.80. The standard InChI is InChI=1S/C12H10ClN3O/c13-9-4-11-7(1-2-17-11)3-8(9)10-5-16-12(14)6-15-10/h3-6H,1-2H2,(H2,14,16). The number of anilines is 1. The highest BCUT2D eigenvalue weighted by atomic mass is 35.5. The lowest BCUT2D eigenvalue weighted by atomic mass is 10.1. The van der Waals surface area contributed by atoms with Gasteiger partial charge in [-0.25, -0.2) is 4.98 Å². The van der Waals surface area contributed by atoms with Gasteiger partial charge in [0.05, 0.1) is 29.7 Å². The molecule has 1 aromatic heterocycles. The van der Waals surface area contributed by atoms with Crippen LogP contribution < -0.4 is 10.5 Å². The van der Waals surface area contributed by atoms with Crippen LogP contribution >= 0.6 is 11.6 Å². The maximum Gasteiger partial charge on any atom is 0.141 e. The van der Waals surface area contributed by atoms with Crippen LogP contribution in [0.1, 0.15) is 5.56 Å². The van der Waals surface area contributed by atoms with Gasteiger partial charge in [0.15, 0.2) is 0 Å². The van der Waals surface area contributed by atoms with Crippen LogP contribution in [0.15, 0.2) is 24.5 Å². The molecule has 0 amide bonds. The molecule has 5 heteroatoms. The molecule has 1 aromatic carbocycles. The van der Waals surface area contributed by atoms with Gasteiger partial charge in [0, 0.05) is 12.0 Å². The van der Waals surface area contributed by atoms with Gasteiger partial charge in [0.25, 0.3) is 0 Å². The highest BCUT2D eigenvalue weighted by Crippen LogP contribution is 2.35. The van der Waals surface area contributed by atoms with Crippen molar-refractivity contribution in [1.82, 2.24) is 9.97 Å². The third-order valence-electron chi connectivity index (χ3n) is 2.73. The van der Waals surface area contributed by atoms with E-state index in [4.69, 9.17) is 22.1 Å². The molecular weight excluding hydrogens is 238 g/mol. The van der Waals surface area contributed by atoms with E-state index in [0.717, 1.165) is 29.0 Å². The molecule has 0 fully saturated rings. The average molecular weight is 248 g/mol. The fourth-order valence-corrected chi connectivity index (χ4v) is 2.12. The first-order chi connectivity index (χ1) is 8.24. The summed E-state index contributed by atoms with van der Waals surface area (Å²) >= 11 is 6.20. The Morgan fingerprint density at radius 1 is 1.24 bits per heavy atom. The molecule has 0 saturated carbocycles. The number of rotatable bonds is 1. The summed E-state index contributed by atoms with van der Waals surface area (Å²) in [5.41, 5.74) is 8.25. The Morgan fingerprint density at radius 3 is 2.88 bits per heavy atom. The molecule has 0 atom stereocenters. The minimum absolute atomic E-state index is 0.398. The number of benzene rings is 1. The molecule has 4 nitrogen and oxygen atoms in total. The van der Waals surface area contributed by atoms with Crippen LogP contribution in [0.3, 0.4) is 0 Å². The zero-order valence-corrected chi connectivity index (χ0v) is 9.74. The van der Waals surface area contributed by atoms with Crippen molar-refractivity contribution < 1.29 is 4.74 Å². The van der Waals surface area contributed by atoms with Gasteiger partial charge in [-0.05, 0) is 17.7 Å². The van der Waals surface area contributed by atoms with Crippen LogP contribution in [-0.2, 0) is 6.42 Å². The molecule has 0 saturated heterocycles. The predicted molar refractivity (Wildman–Crippen MR) is 66.1 cm³/mol. The number of nitrogen functional groups attached to an aromatic ring is 1. The van der Waals surface area contributed by atoms with E-state index < -0.39 is 0 Å². The Labute approximate surface area is 103 Å². The molecule has 0 radical (unpaired) electrons. The van der Waals surface area contributed by atoms with E-state index in [1.165, 1.54) is 6.20 Å². The first kappa shape index (κ1) is 10.4. The van der Waals surface area contributed by atoms with Crippen LogP contribution in [0.5, 0.6) is 5.75 Å². The van der Waals surface area contributed by atoms with Crippen molar-refractivity contribution in [3.8, 4) is 17.0 Å². The van der Waals surface area contributed by atoms with Crippen molar-refractivity contribution in [2.75, 3.05) is 12.3 Å². The summed E-state index contributed by atoms with van der Waals surface area (Å²) in [4.78, 5) is 8.24. The van der Waals surface area contributed by atoms with Crippen LogP contribution in [-0.4, -0.2) is 16.6 Å². The van der Waals surface area contributed by atoms with Gasteiger partial charge in [-0.2, -0.15) is 0 Å². The van der Waals surface area contributed by atoms with Crippen LogP contribution in [0.2, 0.25) is 5.02 Å². The second kappa shape index (κ2) is 3.89. The normalized spacial score (nSPS) is 13.2. The minimum atomic E-state index is 0.398. The van der Waals surface area contributed by atoms with Crippen molar-refractivity contribution in [2.24, 2.45) is 0 Å². The number of nitrogens with two attached hydrogens (primary N) is 1. The number of ether oxygens (including phenoxy) is 1. The van der Waals surface area contributed by atoms with Crippen LogP contribution in [0.4, 0.5) is 5.82 Å². The van der Waals surface area contributed by atoms with Gasteiger partial charge >= 0.3 is 0 Å². The molecule has 0 aliphatic carbocycles. The Morgan fingerprint density at radius 2 is 2.12 bits per heavy atom. The Kier molecular flexibility index (Phi) is 2.37. The van der Waals surface area contributed by atoms with Crippen molar-refractivity contribution in [3.63, 3.8) is 0 Å². The van der Waals surface area contributed by atoms with E-state index in [9.17, 15) is 0 Å². The Bertz CT molecular complexity index is 569. The summed E-state index contributed by atoms with van der Waals surface area (Å²) < 4.78 is 5.45. The minimum Gasteiger partial charge on any atom is -0.493 e. The van der Waals surface area contributed by atoms with E-state index >= 15 is 0 Å². The van der Waals surface area contributed by atoms with Crippen LogP contribution in [0, 0.1) is 0 Å². The first-order valence-electron chi connectivity index (χ1n) is 5.27. The van der Waals surface area contributed by atoms with E-state index in [1.54, 1.807) is 6.20 Å². The first-order valence-corrected chi connectivity index (χ1v) is 5.65. The molecule has 1 aliphatic rings. The molecule has 17 heavy (non-hydrogen) atoms. The maximum atomic E-state index is 6.20. The summed E-state index contributed by atoms with van der Waals surface area (Å²) in [6.45, 7) is 0.711. The van der Waals surface area contributed by atoms with Gasteiger partial charge in [-0.15, -0.1) is 0 Å². The topological polar surface area (TPSA) is 61.0 Å². The molecule has 0 unspecified atom stereocenters. The highest BCUT2D eigenvalue weighted by Gasteiger charge is 2.16. The SMILES string of the molecule is Nc1cnc(-c2cc3c(cc2Cl)OCC3)cn1. The number of fused-ring (bicyclic) bond motifs is 1. The molecule has 2 aromatic rings. The summed E-state index contributed by atoms with van der Waals surface area (Å²) in [5, 5.41) is 0.615. The van der Waals surface area contributed by atoms with Gasteiger partial charge < -0.3 is 10.5 Å². The number of hydrogen-bond donors (Lipinski definition) is 1. The number of nitrogens with zero attached hydrogens (tertiary/aromatic N) is 2. The van der Waals surface area contributed by atoms with E-state index in [2.05, 4.69) is 9.97 Å². The molecular formula is C12H10ClN3O. The lowest BCUT2D eigenvalue weighted by Crippen LogP contribution is -1.93. The van der Waals surface area contributed by atoms with Crippen molar-refractivity contribution in [3.05, 3.63) is 35.1 Å². The Balaban J connectivity index is 2.11. The van der Waals surface area contributed by atoms with E-state index in [0.29, 0.717) is 17.4 Å². The summed E-state index contributed by atoms with van der Waals surface area (Å²) in [6.07, 6.45) is 4.05. The maximum absolute atomic E-state index is 6.20. The molecule has 3 rings (SSSR count). The number of aromatic nitrogens is 2. The Hall–Kier alpha value is -1.81. The molecule has 2 N–H and O–H groups in total. The van der Waals surface area contributed by atoms with Crippen molar-refractivity contribution >= 4 is 17.4 Å². The van der Waals surface area contributed by atoms with Crippen molar-refractivity contribution in [1.29, 1.82) is 0 Å².